The lowest BCUT2D eigenvalue weighted by atomic mass is 10.0. The third-order valence-corrected chi connectivity index (χ3v) is 6.64. The van der Waals surface area contributed by atoms with Crippen molar-refractivity contribution in [1.82, 2.24) is 9.88 Å². The minimum atomic E-state index is -0.338. The van der Waals surface area contributed by atoms with Gasteiger partial charge in [-0.05, 0) is 67.3 Å². The van der Waals surface area contributed by atoms with Gasteiger partial charge in [-0.2, -0.15) is 0 Å². The van der Waals surface area contributed by atoms with Crippen LogP contribution >= 0.6 is 0 Å². The van der Waals surface area contributed by atoms with Crippen LogP contribution in [0.1, 0.15) is 22.3 Å². The first kappa shape index (κ1) is 26.6. The molecule has 0 aliphatic rings. The molecule has 0 radical (unpaired) electrons. The molecule has 0 aliphatic heterocycles. The van der Waals surface area contributed by atoms with E-state index in [-0.39, 0.29) is 18.1 Å². The maximum absolute atomic E-state index is 13.5. The van der Waals surface area contributed by atoms with E-state index in [1.54, 1.807) is 38.4 Å². The van der Waals surface area contributed by atoms with Crippen LogP contribution in [0.15, 0.2) is 65.5 Å². The number of pyridine rings is 1. The second-order valence-corrected chi connectivity index (χ2v) is 9.10. The van der Waals surface area contributed by atoms with Gasteiger partial charge in [-0.15, -0.1) is 0 Å². The molecule has 2 N–H and O–H groups in total. The topological polar surface area (TPSA) is 92.9 Å². The van der Waals surface area contributed by atoms with E-state index in [0.29, 0.717) is 41.5 Å². The largest absolute Gasteiger partial charge is 0.495 e. The summed E-state index contributed by atoms with van der Waals surface area (Å²) < 4.78 is 16.2. The second-order valence-electron chi connectivity index (χ2n) is 9.10. The Balaban J connectivity index is 1.65. The highest BCUT2D eigenvalue weighted by Gasteiger charge is 2.19. The van der Waals surface area contributed by atoms with Crippen LogP contribution in [0.5, 0.6) is 17.2 Å². The van der Waals surface area contributed by atoms with Gasteiger partial charge < -0.3 is 29.4 Å². The number of nitrogens with zero attached hydrogens (tertiary/aromatic N) is 1. The molecule has 0 aliphatic carbocycles. The molecule has 0 unspecified atom stereocenters. The summed E-state index contributed by atoms with van der Waals surface area (Å²) in [5.41, 5.74) is 4.67. The Labute approximate surface area is 222 Å². The number of para-hydroxylation sites is 2. The Bertz CT molecular complexity index is 1510. The van der Waals surface area contributed by atoms with Crippen molar-refractivity contribution in [2.24, 2.45) is 0 Å². The van der Waals surface area contributed by atoms with E-state index < -0.39 is 0 Å². The van der Waals surface area contributed by atoms with E-state index in [0.717, 1.165) is 27.6 Å². The molecular formula is C30H33N3O5. The zero-order valence-corrected chi connectivity index (χ0v) is 22.4. The van der Waals surface area contributed by atoms with Crippen LogP contribution in [-0.4, -0.2) is 43.8 Å². The number of benzene rings is 3. The third kappa shape index (κ3) is 5.75. The van der Waals surface area contributed by atoms with Crippen molar-refractivity contribution in [2.75, 3.05) is 33.2 Å². The second kappa shape index (κ2) is 11.7. The molecule has 8 nitrogen and oxygen atoms in total. The van der Waals surface area contributed by atoms with Crippen molar-refractivity contribution in [2.45, 2.75) is 26.8 Å². The van der Waals surface area contributed by atoms with E-state index in [9.17, 15) is 9.59 Å². The molecule has 4 rings (SSSR count). The number of aromatic amines is 1. The number of hydrogen-bond donors (Lipinski definition) is 2. The first-order valence-corrected chi connectivity index (χ1v) is 12.4. The van der Waals surface area contributed by atoms with Gasteiger partial charge in [0.15, 0.2) is 11.5 Å². The van der Waals surface area contributed by atoms with Gasteiger partial charge in [-0.3, -0.25) is 4.79 Å². The molecule has 0 fully saturated rings. The zero-order valence-electron chi connectivity index (χ0n) is 22.4. The molecule has 38 heavy (non-hydrogen) atoms. The quantitative estimate of drug-likeness (QED) is 0.309. The Kier molecular flexibility index (Phi) is 8.21. The third-order valence-electron chi connectivity index (χ3n) is 6.64. The van der Waals surface area contributed by atoms with E-state index in [2.05, 4.69) is 10.3 Å². The number of methoxy groups -OCH3 is 3. The summed E-state index contributed by atoms with van der Waals surface area (Å²) in [6, 6.07) is 18.5. The highest BCUT2D eigenvalue weighted by atomic mass is 16.5. The van der Waals surface area contributed by atoms with Crippen molar-refractivity contribution in [1.29, 1.82) is 0 Å². The number of hydrogen-bond acceptors (Lipinski definition) is 5. The van der Waals surface area contributed by atoms with Crippen molar-refractivity contribution in [3.05, 3.63) is 93.3 Å². The van der Waals surface area contributed by atoms with E-state index in [1.807, 2.05) is 62.4 Å². The Morgan fingerprint density at radius 1 is 0.868 bits per heavy atom. The fraction of sp³-hybridized carbons (Fsp3) is 0.267. The molecule has 198 valence electrons. The molecule has 3 aromatic carbocycles. The maximum Gasteiger partial charge on any atom is 0.322 e. The van der Waals surface area contributed by atoms with Crippen LogP contribution in [-0.2, 0) is 13.0 Å². The SMILES string of the molecule is COc1ccccc1NC(=O)N(CCc1ccc(OC)c(OC)c1)Cc1cc2c(C)ccc(C)c2[nH]c1=O. The van der Waals surface area contributed by atoms with Gasteiger partial charge in [-0.1, -0.05) is 30.3 Å². The zero-order chi connectivity index (χ0) is 27.2. The van der Waals surface area contributed by atoms with Crippen molar-refractivity contribution in [3.8, 4) is 17.2 Å². The van der Waals surface area contributed by atoms with E-state index >= 15 is 0 Å². The summed E-state index contributed by atoms with van der Waals surface area (Å²) in [4.78, 5) is 31.3. The number of ether oxygens (including phenoxy) is 3. The Morgan fingerprint density at radius 3 is 2.32 bits per heavy atom. The smallest absolute Gasteiger partial charge is 0.322 e. The number of rotatable bonds is 9. The van der Waals surface area contributed by atoms with Crippen molar-refractivity contribution >= 4 is 22.6 Å². The molecule has 2 amide bonds. The lowest BCUT2D eigenvalue weighted by Crippen LogP contribution is -2.37. The van der Waals surface area contributed by atoms with E-state index in [1.165, 1.54) is 0 Å². The van der Waals surface area contributed by atoms with Crippen molar-refractivity contribution < 1.29 is 19.0 Å². The van der Waals surface area contributed by atoms with Gasteiger partial charge in [0.1, 0.15) is 5.75 Å². The van der Waals surface area contributed by atoms with Crippen LogP contribution in [0.2, 0.25) is 0 Å². The van der Waals surface area contributed by atoms with Gasteiger partial charge in [0.2, 0.25) is 0 Å². The number of H-pyrrole nitrogens is 1. The molecule has 0 saturated heterocycles. The summed E-state index contributed by atoms with van der Waals surface area (Å²) in [6.07, 6.45) is 0.545. The summed E-state index contributed by atoms with van der Waals surface area (Å²) in [7, 11) is 4.73. The molecule has 8 heteroatoms. The van der Waals surface area contributed by atoms with Crippen LogP contribution in [0, 0.1) is 13.8 Å². The molecule has 0 bridgehead atoms. The lowest BCUT2D eigenvalue weighted by Gasteiger charge is -2.24. The van der Waals surface area contributed by atoms with Gasteiger partial charge in [0, 0.05) is 17.5 Å². The molecule has 1 aromatic heterocycles. The number of urea groups is 1. The van der Waals surface area contributed by atoms with Gasteiger partial charge in [0.25, 0.3) is 5.56 Å². The number of anilines is 1. The maximum atomic E-state index is 13.5. The lowest BCUT2D eigenvalue weighted by molar-refractivity contribution is 0.209. The minimum absolute atomic E-state index is 0.132. The number of aryl methyl sites for hydroxylation is 2. The molecule has 0 spiro atoms. The number of amides is 2. The van der Waals surface area contributed by atoms with Gasteiger partial charge in [-0.25, -0.2) is 4.79 Å². The summed E-state index contributed by atoms with van der Waals surface area (Å²) in [5, 5.41) is 3.90. The number of fused-ring (bicyclic) bond motifs is 1. The number of nitrogens with one attached hydrogen (secondary N) is 2. The van der Waals surface area contributed by atoms with Crippen LogP contribution in [0.25, 0.3) is 10.9 Å². The van der Waals surface area contributed by atoms with Gasteiger partial charge >= 0.3 is 6.03 Å². The molecule has 4 aromatic rings. The first-order valence-electron chi connectivity index (χ1n) is 12.4. The number of aromatic nitrogens is 1. The number of carbonyl (C=O) groups excluding carboxylic acids is 1. The average Bonchev–Trinajstić information content (AvgIpc) is 2.93. The van der Waals surface area contributed by atoms with Crippen LogP contribution in [0.4, 0.5) is 10.5 Å². The molecule has 0 saturated carbocycles. The van der Waals surface area contributed by atoms with E-state index in [4.69, 9.17) is 14.2 Å². The molecule has 1 heterocycles. The highest BCUT2D eigenvalue weighted by molar-refractivity contribution is 5.91. The average molecular weight is 516 g/mol. The van der Waals surface area contributed by atoms with Crippen LogP contribution in [0.3, 0.4) is 0 Å². The standard InChI is InChI=1S/C30H33N3O5/c1-19-10-11-20(2)28-23(19)17-22(29(34)32-28)18-33(30(35)31-24-8-6-7-9-25(24)36-3)15-14-21-12-13-26(37-4)27(16-21)38-5/h6-13,16-17H,14-15,18H2,1-5H3,(H,31,35)(H,32,34). The Morgan fingerprint density at radius 2 is 1.58 bits per heavy atom. The summed E-state index contributed by atoms with van der Waals surface area (Å²) in [5.74, 6) is 1.80. The number of carbonyl (C=O) groups is 1. The monoisotopic (exact) mass is 515 g/mol. The fourth-order valence-corrected chi connectivity index (χ4v) is 4.44. The minimum Gasteiger partial charge on any atom is -0.495 e. The van der Waals surface area contributed by atoms with Crippen LogP contribution < -0.4 is 25.1 Å². The predicted octanol–water partition coefficient (Wildman–Crippen LogP) is 5.45. The Hall–Kier alpha value is -4.46. The summed E-state index contributed by atoms with van der Waals surface area (Å²) >= 11 is 0. The predicted molar refractivity (Wildman–Crippen MR) is 150 cm³/mol. The fourth-order valence-electron chi connectivity index (χ4n) is 4.44. The highest BCUT2D eigenvalue weighted by Crippen LogP contribution is 2.28. The van der Waals surface area contributed by atoms with Crippen molar-refractivity contribution in [3.63, 3.8) is 0 Å². The first-order chi connectivity index (χ1) is 18.3. The molecule has 0 atom stereocenters. The normalized spacial score (nSPS) is 10.8. The molecular weight excluding hydrogens is 482 g/mol. The summed E-state index contributed by atoms with van der Waals surface area (Å²) in [6.45, 7) is 4.47. The van der Waals surface area contributed by atoms with Gasteiger partial charge in [0.05, 0.1) is 39.1 Å².